The number of rotatable bonds is 3. The highest BCUT2D eigenvalue weighted by Crippen LogP contribution is 2.33. The van der Waals surface area contributed by atoms with Crippen LogP contribution in [-0.4, -0.2) is 11.6 Å². The van der Waals surface area contributed by atoms with Crippen molar-refractivity contribution in [3.63, 3.8) is 0 Å². The van der Waals surface area contributed by atoms with Gasteiger partial charge in [0, 0.05) is 17.7 Å². The van der Waals surface area contributed by atoms with E-state index in [-0.39, 0.29) is 4.83 Å². The third kappa shape index (κ3) is 2.44. The van der Waals surface area contributed by atoms with Gasteiger partial charge in [0.05, 0.1) is 6.61 Å². The molecule has 3 aromatic rings. The molecule has 21 heavy (non-hydrogen) atoms. The smallest absolute Gasteiger partial charge is 0.196 e. The molecule has 0 fully saturated rings. The summed E-state index contributed by atoms with van der Waals surface area (Å²) >= 11 is 3.75. The summed E-state index contributed by atoms with van der Waals surface area (Å²) in [4.78, 5) is 4.72. The van der Waals surface area contributed by atoms with Gasteiger partial charge >= 0.3 is 0 Å². The molecule has 0 bridgehead atoms. The molecule has 3 nitrogen and oxygen atoms in total. The van der Waals surface area contributed by atoms with Crippen molar-refractivity contribution >= 4 is 27.0 Å². The van der Waals surface area contributed by atoms with E-state index in [1.165, 1.54) is 11.1 Å². The molecule has 0 aliphatic carbocycles. The van der Waals surface area contributed by atoms with Gasteiger partial charge in [-0.15, -0.1) is 0 Å². The Labute approximate surface area is 131 Å². The molecule has 2 heterocycles. The van der Waals surface area contributed by atoms with Crippen LogP contribution in [0.15, 0.2) is 46.9 Å². The zero-order chi connectivity index (χ0) is 14.2. The van der Waals surface area contributed by atoms with Crippen LogP contribution < -0.4 is 4.74 Å². The number of nitrogens with zero attached hydrogens (tertiary/aromatic N) is 1. The quantitative estimate of drug-likeness (QED) is 0.659. The van der Waals surface area contributed by atoms with Crippen LogP contribution in [0.25, 0.3) is 11.1 Å². The lowest BCUT2D eigenvalue weighted by Gasteiger charge is -2.09. The van der Waals surface area contributed by atoms with Crippen LogP contribution in [0.4, 0.5) is 0 Å². The Bertz CT molecular complexity index is 763. The van der Waals surface area contributed by atoms with E-state index in [0.717, 1.165) is 42.2 Å². The average molecular weight is 344 g/mol. The number of aromatic nitrogens is 1. The van der Waals surface area contributed by atoms with Crippen LogP contribution in [-0.2, 0) is 12.8 Å². The molecule has 0 amide bonds. The Morgan fingerprint density at radius 1 is 1.19 bits per heavy atom. The largest absolute Gasteiger partial charge is 0.493 e. The van der Waals surface area contributed by atoms with Crippen molar-refractivity contribution in [2.45, 2.75) is 17.7 Å². The minimum absolute atomic E-state index is 0.191. The van der Waals surface area contributed by atoms with Gasteiger partial charge in [-0.1, -0.05) is 40.2 Å². The van der Waals surface area contributed by atoms with Crippen molar-refractivity contribution < 1.29 is 9.15 Å². The number of benzene rings is 2. The van der Waals surface area contributed by atoms with Crippen molar-refractivity contribution in [3.8, 4) is 5.75 Å². The molecule has 2 aromatic carbocycles. The monoisotopic (exact) mass is 343 g/mol. The number of hydrogen-bond acceptors (Lipinski definition) is 3. The topological polar surface area (TPSA) is 35.3 Å². The molecule has 1 atom stereocenters. The molecule has 1 aliphatic rings. The first-order valence-electron chi connectivity index (χ1n) is 7.04. The Morgan fingerprint density at radius 2 is 2.10 bits per heavy atom. The Kier molecular flexibility index (Phi) is 3.19. The molecule has 1 aliphatic heterocycles. The molecule has 1 unspecified atom stereocenters. The number of ether oxygens (including phenoxy) is 1. The summed E-state index contributed by atoms with van der Waals surface area (Å²) in [6.45, 7) is 0.789. The average Bonchev–Trinajstić information content (AvgIpc) is 3.11. The van der Waals surface area contributed by atoms with Gasteiger partial charge in [0.1, 0.15) is 11.3 Å². The normalized spacial score (nSPS) is 14.9. The van der Waals surface area contributed by atoms with Crippen LogP contribution >= 0.6 is 15.9 Å². The molecule has 4 heteroatoms. The van der Waals surface area contributed by atoms with E-state index in [1.807, 2.05) is 24.3 Å². The lowest BCUT2D eigenvalue weighted by molar-refractivity contribution is 0.357. The molecule has 1 aromatic heterocycles. The van der Waals surface area contributed by atoms with Gasteiger partial charge < -0.3 is 9.15 Å². The van der Waals surface area contributed by atoms with Crippen molar-refractivity contribution in [3.05, 3.63) is 59.5 Å². The van der Waals surface area contributed by atoms with E-state index >= 15 is 0 Å². The predicted octanol–water partition coefficient (Wildman–Crippen LogP) is 4.44. The number of oxazole rings is 1. The molecule has 106 valence electrons. The van der Waals surface area contributed by atoms with Crippen molar-refractivity contribution in [1.82, 2.24) is 4.98 Å². The summed E-state index contributed by atoms with van der Waals surface area (Å²) < 4.78 is 11.3. The summed E-state index contributed by atoms with van der Waals surface area (Å²) in [5.41, 5.74) is 4.28. The highest BCUT2D eigenvalue weighted by molar-refractivity contribution is 9.09. The molecule has 0 N–H and O–H groups in total. The molecular formula is C17H14BrNO2. The zero-order valence-electron chi connectivity index (χ0n) is 11.4. The highest BCUT2D eigenvalue weighted by Gasteiger charge is 2.17. The van der Waals surface area contributed by atoms with Crippen molar-refractivity contribution in [1.29, 1.82) is 0 Å². The first kappa shape index (κ1) is 12.9. The number of para-hydroxylation sites is 2. The fourth-order valence-corrected chi connectivity index (χ4v) is 3.24. The minimum Gasteiger partial charge on any atom is -0.493 e. The van der Waals surface area contributed by atoms with Crippen molar-refractivity contribution in [2.75, 3.05) is 6.61 Å². The summed E-state index contributed by atoms with van der Waals surface area (Å²) in [6, 6.07) is 14.2. The maximum atomic E-state index is 5.79. The second-order valence-electron chi connectivity index (χ2n) is 5.21. The van der Waals surface area contributed by atoms with E-state index in [1.54, 1.807) is 0 Å². The van der Waals surface area contributed by atoms with Crippen LogP contribution in [0.2, 0.25) is 0 Å². The first-order valence-corrected chi connectivity index (χ1v) is 7.95. The van der Waals surface area contributed by atoms with Gasteiger partial charge in [-0.25, -0.2) is 4.98 Å². The number of halogens is 1. The molecule has 0 spiro atoms. The van der Waals surface area contributed by atoms with E-state index < -0.39 is 0 Å². The fourth-order valence-electron chi connectivity index (χ4n) is 2.68. The molecule has 0 saturated heterocycles. The van der Waals surface area contributed by atoms with E-state index in [0.29, 0.717) is 0 Å². The standard InChI is InChI=1S/C17H14BrNO2/c18-13(11-5-6-15-12(9-11)7-8-20-15)10-17-19-14-3-1-2-4-16(14)21-17/h1-6,9,13H,7-8,10H2. The van der Waals surface area contributed by atoms with Gasteiger partial charge in [-0.3, -0.25) is 0 Å². The van der Waals surface area contributed by atoms with Crippen LogP contribution in [0.3, 0.4) is 0 Å². The lowest BCUT2D eigenvalue weighted by atomic mass is 10.0. The van der Waals surface area contributed by atoms with Gasteiger partial charge in [0.25, 0.3) is 0 Å². The third-order valence-corrected chi connectivity index (χ3v) is 4.62. The van der Waals surface area contributed by atoms with E-state index in [2.05, 4.69) is 39.1 Å². The van der Waals surface area contributed by atoms with E-state index in [9.17, 15) is 0 Å². The maximum absolute atomic E-state index is 5.79. The summed E-state index contributed by atoms with van der Waals surface area (Å²) in [5, 5.41) is 0. The number of alkyl halides is 1. The Balaban J connectivity index is 1.58. The second-order valence-corrected chi connectivity index (χ2v) is 6.32. The van der Waals surface area contributed by atoms with Gasteiger partial charge in [-0.2, -0.15) is 0 Å². The summed E-state index contributed by atoms with van der Waals surface area (Å²) in [7, 11) is 0. The summed E-state index contributed by atoms with van der Waals surface area (Å²) in [5.74, 6) is 1.77. The van der Waals surface area contributed by atoms with Crippen LogP contribution in [0.5, 0.6) is 5.75 Å². The molecule has 4 rings (SSSR count). The number of fused-ring (bicyclic) bond motifs is 2. The van der Waals surface area contributed by atoms with Gasteiger partial charge in [0.15, 0.2) is 11.5 Å². The van der Waals surface area contributed by atoms with E-state index in [4.69, 9.17) is 9.15 Å². The Morgan fingerprint density at radius 3 is 3.00 bits per heavy atom. The first-order chi connectivity index (χ1) is 10.3. The molecule has 0 radical (unpaired) electrons. The van der Waals surface area contributed by atoms with Gasteiger partial charge in [-0.05, 0) is 29.3 Å². The minimum atomic E-state index is 0.191. The molecule has 0 saturated carbocycles. The van der Waals surface area contributed by atoms with Crippen LogP contribution in [0.1, 0.15) is 21.8 Å². The Hall–Kier alpha value is -1.81. The van der Waals surface area contributed by atoms with Crippen molar-refractivity contribution in [2.24, 2.45) is 0 Å². The van der Waals surface area contributed by atoms with Crippen LogP contribution in [0, 0.1) is 0 Å². The maximum Gasteiger partial charge on any atom is 0.196 e. The SMILES string of the molecule is BrC(Cc1nc2ccccc2o1)c1ccc2c(c1)CCO2. The predicted molar refractivity (Wildman–Crippen MR) is 85.0 cm³/mol. The zero-order valence-corrected chi connectivity index (χ0v) is 13.0. The third-order valence-electron chi connectivity index (χ3n) is 3.77. The fraction of sp³-hybridized carbons (Fsp3) is 0.235. The highest BCUT2D eigenvalue weighted by atomic mass is 79.9. The second kappa shape index (κ2) is 5.19. The summed E-state index contributed by atoms with van der Waals surface area (Å²) in [6.07, 6.45) is 1.72. The lowest BCUT2D eigenvalue weighted by Crippen LogP contribution is -1.96. The molecular weight excluding hydrogens is 330 g/mol. The van der Waals surface area contributed by atoms with Gasteiger partial charge in [0.2, 0.25) is 0 Å². The number of hydrogen-bond donors (Lipinski definition) is 0.